The molecular formula is C14H17BrN2O3. The molecule has 0 heterocycles. The van der Waals surface area contributed by atoms with Gasteiger partial charge in [-0.2, -0.15) is 0 Å². The average molecular weight is 341 g/mol. The quantitative estimate of drug-likeness (QED) is 0.787. The molecule has 5 nitrogen and oxygen atoms in total. The highest BCUT2D eigenvalue weighted by molar-refractivity contribution is 9.10. The summed E-state index contributed by atoms with van der Waals surface area (Å²) in [5.41, 5.74) is 0.604. The summed E-state index contributed by atoms with van der Waals surface area (Å²) in [7, 11) is 0. The zero-order valence-corrected chi connectivity index (χ0v) is 12.8. The fourth-order valence-electron chi connectivity index (χ4n) is 2.27. The first-order chi connectivity index (χ1) is 9.47. The molecule has 0 aromatic heterocycles. The summed E-state index contributed by atoms with van der Waals surface area (Å²) in [5.74, 6) is -0.967. The maximum Gasteiger partial charge on any atom is 0.329 e. The summed E-state index contributed by atoms with van der Waals surface area (Å²) < 4.78 is 0.946. The lowest BCUT2D eigenvalue weighted by Crippen LogP contribution is -2.60. The lowest BCUT2D eigenvalue weighted by Gasteiger charge is -2.38. The van der Waals surface area contributed by atoms with E-state index in [4.69, 9.17) is 0 Å². The SMILES string of the molecule is CCc1cc(Br)ccc1NC(=O)NC1(C(=O)O)CCC1. The van der Waals surface area contributed by atoms with E-state index in [1.165, 1.54) is 0 Å². The number of urea groups is 1. The van der Waals surface area contributed by atoms with Crippen molar-refractivity contribution in [1.29, 1.82) is 0 Å². The monoisotopic (exact) mass is 340 g/mol. The predicted molar refractivity (Wildman–Crippen MR) is 79.9 cm³/mol. The number of nitrogens with one attached hydrogen (secondary N) is 2. The fraction of sp³-hybridized carbons (Fsp3) is 0.429. The minimum absolute atomic E-state index is 0.468. The van der Waals surface area contributed by atoms with Crippen LogP contribution in [0.25, 0.3) is 0 Å². The van der Waals surface area contributed by atoms with Gasteiger partial charge < -0.3 is 15.7 Å². The molecule has 1 aromatic rings. The number of hydrogen-bond acceptors (Lipinski definition) is 2. The Bertz CT molecular complexity index is 541. The summed E-state index contributed by atoms with van der Waals surface area (Å²) in [4.78, 5) is 23.2. The van der Waals surface area contributed by atoms with Gasteiger partial charge >= 0.3 is 12.0 Å². The first-order valence-corrected chi connectivity index (χ1v) is 7.37. The van der Waals surface area contributed by atoms with E-state index in [0.29, 0.717) is 18.5 Å². The number of carboxylic acids is 1. The normalized spacial score (nSPS) is 16.1. The molecule has 2 rings (SSSR count). The van der Waals surface area contributed by atoms with Gasteiger partial charge in [0.25, 0.3) is 0 Å². The van der Waals surface area contributed by atoms with Gasteiger partial charge in [0.15, 0.2) is 0 Å². The number of carboxylic acid groups (broad SMARTS) is 1. The van der Waals surface area contributed by atoms with Gasteiger partial charge in [0, 0.05) is 10.2 Å². The zero-order chi connectivity index (χ0) is 14.8. The second kappa shape index (κ2) is 5.83. The predicted octanol–water partition coefficient (Wildman–Crippen LogP) is 3.14. The molecule has 1 fully saturated rings. The van der Waals surface area contributed by atoms with Crippen molar-refractivity contribution in [2.24, 2.45) is 0 Å². The number of amides is 2. The van der Waals surface area contributed by atoms with Crippen LogP contribution >= 0.6 is 15.9 Å². The van der Waals surface area contributed by atoms with E-state index < -0.39 is 17.5 Å². The minimum Gasteiger partial charge on any atom is -0.480 e. The van der Waals surface area contributed by atoms with Crippen LogP contribution < -0.4 is 10.6 Å². The number of hydrogen-bond donors (Lipinski definition) is 3. The molecule has 1 saturated carbocycles. The number of aryl methyl sites for hydroxylation is 1. The van der Waals surface area contributed by atoms with Gasteiger partial charge in [0.2, 0.25) is 0 Å². The first-order valence-electron chi connectivity index (χ1n) is 6.58. The van der Waals surface area contributed by atoms with E-state index in [1.807, 2.05) is 19.1 Å². The highest BCUT2D eigenvalue weighted by Crippen LogP contribution is 2.32. The van der Waals surface area contributed by atoms with E-state index in [2.05, 4.69) is 26.6 Å². The first kappa shape index (κ1) is 14.8. The standard InChI is InChI=1S/C14H17BrN2O3/c1-2-9-8-10(15)4-5-11(9)16-13(20)17-14(12(18)19)6-3-7-14/h4-5,8H,2-3,6-7H2,1H3,(H,18,19)(H2,16,17,20). The van der Waals surface area contributed by atoms with Crippen molar-refractivity contribution in [3.63, 3.8) is 0 Å². The van der Waals surface area contributed by atoms with Crippen molar-refractivity contribution in [1.82, 2.24) is 5.32 Å². The van der Waals surface area contributed by atoms with Crippen LogP contribution in [0.1, 0.15) is 31.7 Å². The number of halogens is 1. The van der Waals surface area contributed by atoms with E-state index >= 15 is 0 Å². The summed E-state index contributed by atoms with van der Waals surface area (Å²) in [6.07, 6.45) is 2.57. The molecule has 0 radical (unpaired) electrons. The highest BCUT2D eigenvalue weighted by Gasteiger charge is 2.45. The molecule has 108 valence electrons. The molecule has 2 amide bonds. The third-order valence-electron chi connectivity index (χ3n) is 3.67. The van der Waals surface area contributed by atoms with E-state index in [9.17, 15) is 14.7 Å². The van der Waals surface area contributed by atoms with Crippen molar-refractivity contribution in [3.05, 3.63) is 28.2 Å². The Morgan fingerprint density at radius 2 is 2.10 bits per heavy atom. The molecule has 0 aliphatic heterocycles. The Labute approximate surface area is 125 Å². The molecule has 0 bridgehead atoms. The zero-order valence-electron chi connectivity index (χ0n) is 11.2. The Balaban J connectivity index is 2.07. The summed E-state index contributed by atoms with van der Waals surface area (Å²) in [6, 6.07) is 5.11. The van der Waals surface area contributed by atoms with Crippen molar-refractivity contribution >= 4 is 33.6 Å². The average Bonchev–Trinajstić information content (AvgIpc) is 2.35. The largest absolute Gasteiger partial charge is 0.480 e. The van der Waals surface area contributed by atoms with Crippen LogP contribution in [-0.2, 0) is 11.2 Å². The van der Waals surface area contributed by atoms with Crippen LogP contribution in [0.5, 0.6) is 0 Å². The van der Waals surface area contributed by atoms with Crippen LogP contribution in [0.15, 0.2) is 22.7 Å². The van der Waals surface area contributed by atoms with Crippen LogP contribution in [0.2, 0.25) is 0 Å². The molecule has 1 aliphatic carbocycles. The van der Waals surface area contributed by atoms with Gasteiger partial charge in [-0.15, -0.1) is 0 Å². The number of benzene rings is 1. The van der Waals surface area contributed by atoms with Crippen molar-refractivity contribution in [2.75, 3.05) is 5.32 Å². The number of aliphatic carboxylic acids is 1. The number of carbonyl (C=O) groups is 2. The number of carbonyl (C=O) groups excluding carboxylic acids is 1. The second-order valence-corrected chi connectivity index (χ2v) is 5.89. The molecule has 1 aliphatic rings. The van der Waals surface area contributed by atoms with Gasteiger partial charge in [-0.1, -0.05) is 22.9 Å². The Kier molecular flexibility index (Phi) is 4.32. The van der Waals surface area contributed by atoms with Crippen LogP contribution in [0, 0.1) is 0 Å². The fourth-order valence-corrected chi connectivity index (χ4v) is 2.68. The van der Waals surface area contributed by atoms with E-state index in [1.54, 1.807) is 6.07 Å². The topological polar surface area (TPSA) is 78.4 Å². The molecule has 20 heavy (non-hydrogen) atoms. The van der Waals surface area contributed by atoms with Crippen LogP contribution in [-0.4, -0.2) is 22.6 Å². The Morgan fingerprint density at radius 1 is 1.40 bits per heavy atom. The molecule has 6 heteroatoms. The van der Waals surface area contributed by atoms with Gasteiger partial charge in [0.05, 0.1) is 0 Å². The van der Waals surface area contributed by atoms with Crippen molar-refractivity contribution < 1.29 is 14.7 Å². The maximum absolute atomic E-state index is 12.0. The lowest BCUT2D eigenvalue weighted by molar-refractivity contribution is -0.148. The molecular weight excluding hydrogens is 324 g/mol. The van der Waals surface area contributed by atoms with Crippen LogP contribution in [0.4, 0.5) is 10.5 Å². The summed E-state index contributed by atoms with van der Waals surface area (Å²) >= 11 is 3.39. The molecule has 3 N–H and O–H groups in total. The maximum atomic E-state index is 12.0. The van der Waals surface area contributed by atoms with Gasteiger partial charge in [-0.25, -0.2) is 9.59 Å². The van der Waals surface area contributed by atoms with Gasteiger partial charge in [-0.05, 0) is 49.4 Å². The Morgan fingerprint density at radius 3 is 2.60 bits per heavy atom. The van der Waals surface area contributed by atoms with Gasteiger partial charge in [0.1, 0.15) is 5.54 Å². The third-order valence-corrected chi connectivity index (χ3v) is 4.16. The lowest BCUT2D eigenvalue weighted by atomic mass is 9.77. The molecule has 0 saturated heterocycles. The highest BCUT2D eigenvalue weighted by atomic mass is 79.9. The van der Waals surface area contributed by atoms with Crippen molar-refractivity contribution in [3.8, 4) is 0 Å². The second-order valence-electron chi connectivity index (χ2n) is 4.97. The number of anilines is 1. The molecule has 0 spiro atoms. The number of rotatable bonds is 4. The minimum atomic E-state index is -1.09. The molecule has 1 aromatic carbocycles. The third kappa shape index (κ3) is 2.95. The summed E-state index contributed by atoms with van der Waals surface area (Å²) in [5, 5.41) is 14.5. The Hall–Kier alpha value is -1.56. The van der Waals surface area contributed by atoms with Crippen LogP contribution in [0.3, 0.4) is 0 Å². The molecule has 0 unspecified atom stereocenters. The summed E-state index contributed by atoms with van der Waals surface area (Å²) in [6.45, 7) is 2.00. The van der Waals surface area contributed by atoms with Crippen molar-refractivity contribution in [2.45, 2.75) is 38.1 Å². The smallest absolute Gasteiger partial charge is 0.329 e. The van der Waals surface area contributed by atoms with E-state index in [0.717, 1.165) is 22.9 Å². The van der Waals surface area contributed by atoms with Gasteiger partial charge in [-0.3, -0.25) is 0 Å². The molecule has 0 atom stereocenters. The van der Waals surface area contributed by atoms with E-state index in [-0.39, 0.29) is 0 Å².